The van der Waals surface area contributed by atoms with Crippen LogP contribution in [0.3, 0.4) is 0 Å². The van der Waals surface area contributed by atoms with Gasteiger partial charge >= 0.3 is 0 Å². The van der Waals surface area contributed by atoms with E-state index in [9.17, 15) is 5.11 Å². The Hall–Kier alpha value is -1.38. The van der Waals surface area contributed by atoms with Crippen LogP contribution in [-0.4, -0.2) is 16.3 Å². The van der Waals surface area contributed by atoms with E-state index in [1.165, 1.54) is 6.07 Å². The van der Waals surface area contributed by atoms with Crippen molar-refractivity contribution in [2.45, 2.75) is 26.9 Å². The summed E-state index contributed by atoms with van der Waals surface area (Å²) in [5.74, 6) is 0.372. The standard InChI is InChI=1S/C10H14O3/c1-6(2)13-9-5-4-8(11)10(12)7(9)3/h4-6,11-12H,1-3H3. The third kappa shape index (κ3) is 2.05. The monoisotopic (exact) mass is 182 g/mol. The van der Waals surface area contributed by atoms with Gasteiger partial charge in [-0.15, -0.1) is 0 Å². The van der Waals surface area contributed by atoms with Crippen LogP contribution in [0, 0.1) is 6.92 Å². The fourth-order valence-electron chi connectivity index (χ4n) is 1.05. The van der Waals surface area contributed by atoms with Crippen molar-refractivity contribution in [1.29, 1.82) is 0 Å². The molecule has 1 rings (SSSR count). The number of rotatable bonds is 2. The van der Waals surface area contributed by atoms with Crippen LogP contribution in [-0.2, 0) is 0 Å². The van der Waals surface area contributed by atoms with Crippen molar-refractivity contribution in [2.24, 2.45) is 0 Å². The third-order valence-corrected chi connectivity index (χ3v) is 1.72. The molecule has 0 aromatic heterocycles. The highest BCUT2D eigenvalue weighted by atomic mass is 16.5. The minimum Gasteiger partial charge on any atom is -0.504 e. The molecule has 3 heteroatoms. The number of hydrogen-bond acceptors (Lipinski definition) is 3. The van der Waals surface area contributed by atoms with Gasteiger partial charge in [0.05, 0.1) is 6.10 Å². The maximum absolute atomic E-state index is 9.37. The fraction of sp³-hybridized carbons (Fsp3) is 0.400. The summed E-state index contributed by atoms with van der Waals surface area (Å²) < 4.78 is 5.41. The molecule has 1 aromatic rings. The molecule has 0 fully saturated rings. The van der Waals surface area contributed by atoms with Gasteiger partial charge in [0.15, 0.2) is 11.5 Å². The highest BCUT2D eigenvalue weighted by molar-refractivity contribution is 5.51. The molecule has 0 aliphatic carbocycles. The molecule has 0 heterocycles. The maximum atomic E-state index is 9.37. The van der Waals surface area contributed by atoms with Crippen molar-refractivity contribution in [1.82, 2.24) is 0 Å². The van der Waals surface area contributed by atoms with E-state index in [-0.39, 0.29) is 17.6 Å². The molecule has 0 unspecified atom stereocenters. The zero-order chi connectivity index (χ0) is 10.0. The molecule has 0 radical (unpaired) electrons. The number of phenolic OH excluding ortho intramolecular Hbond substituents is 2. The Balaban J connectivity index is 3.04. The summed E-state index contributed by atoms with van der Waals surface area (Å²) in [5, 5.41) is 18.5. The Morgan fingerprint density at radius 1 is 1.23 bits per heavy atom. The third-order valence-electron chi connectivity index (χ3n) is 1.72. The van der Waals surface area contributed by atoms with Gasteiger partial charge in [0.1, 0.15) is 5.75 Å². The van der Waals surface area contributed by atoms with Crippen LogP contribution in [0.4, 0.5) is 0 Å². The van der Waals surface area contributed by atoms with Gasteiger partial charge in [-0.1, -0.05) is 0 Å². The lowest BCUT2D eigenvalue weighted by molar-refractivity contribution is 0.239. The first-order valence-electron chi connectivity index (χ1n) is 4.20. The number of benzene rings is 1. The van der Waals surface area contributed by atoms with E-state index >= 15 is 0 Å². The second-order valence-corrected chi connectivity index (χ2v) is 3.22. The van der Waals surface area contributed by atoms with Crippen LogP contribution in [0.5, 0.6) is 17.2 Å². The van der Waals surface area contributed by atoms with Crippen molar-refractivity contribution >= 4 is 0 Å². The van der Waals surface area contributed by atoms with Crippen molar-refractivity contribution in [3.63, 3.8) is 0 Å². The van der Waals surface area contributed by atoms with E-state index in [4.69, 9.17) is 9.84 Å². The SMILES string of the molecule is Cc1c(OC(C)C)ccc(O)c1O. The summed E-state index contributed by atoms with van der Waals surface area (Å²) >= 11 is 0. The molecule has 3 nitrogen and oxygen atoms in total. The van der Waals surface area contributed by atoms with Gasteiger partial charge < -0.3 is 14.9 Å². The van der Waals surface area contributed by atoms with E-state index in [0.717, 1.165) is 0 Å². The number of ether oxygens (including phenoxy) is 1. The molecule has 0 atom stereocenters. The Labute approximate surface area is 77.6 Å². The van der Waals surface area contributed by atoms with Crippen LogP contribution in [0.1, 0.15) is 19.4 Å². The molecule has 0 aliphatic heterocycles. The zero-order valence-corrected chi connectivity index (χ0v) is 8.03. The van der Waals surface area contributed by atoms with Crippen LogP contribution >= 0.6 is 0 Å². The van der Waals surface area contributed by atoms with Crippen molar-refractivity contribution in [3.8, 4) is 17.2 Å². The Bertz CT molecular complexity index is 305. The number of aromatic hydroxyl groups is 2. The van der Waals surface area contributed by atoms with Crippen LogP contribution in [0.2, 0.25) is 0 Å². The normalized spacial score (nSPS) is 10.5. The molecule has 72 valence electrons. The van der Waals surface area contributed by atoms with Crippen LogP contribution < -0.4 is 4.74 Å². The molecule has 0 bridgehead atoms. The van der Waals surface area contributed by atoms with E-state index in [2.05, 4.69) is 0 Å². The molecule has 0 saturated heterocycles. The van der Waals surface area contributed by atoms with Crippen molar-refractivity contribution < 1.29 is 14.9 Å². The average Bonchev–Trinajstić information content (AvgIpc) is 2.06. The lowest BCUT2D eigenvalue weighted by atomic mass is 10.2. The van der Waals surface area contributed by atoms with Gasteiger partial charge in [-0.3, -0.25) is 0 Å². The zero-order valence-electron chi connectivity index (χ0n) is 8.03. The Kier molecular flexibility index (Phi) is 2.66. The molecule has 0 spiro atoms. The molecule has 0 saturated carbocycles. The van der Waals surface area contributed by atoms with Crippen molar-refractivity contribution in [3.05, 3.63) is 17.7 Å². The highest BCUT2D eigenvalue weighted by Crippen LogP contribution is 2.34. The first-order chi connectivity index (χ1) is 6.02. The lowest BCUT2D eigenvalue weighted by Gasteiger charge is -2.13. The van der Waals surface area contributed by atoms with Gasteiger partial charge in [0.2, 0.25) is 0 Å². The Morgan fingerprint density at radius 3 is 2.38 bits per heavy atom. The van der Waals surface area contributed by atoms with E-state index in [1.54, 1.807) is 13.0 Å². The van der Waals surface area contributed by atoms with Gasteiger partial charge in [0, 0.05) is 5.56 Å². The summed E-state index contributed by atoms with van der Waals surface area (Å²) in [5.41, 5.74) is 0.564. The summed E-state index contributed by atoms with van der Waals surface area (Å²) in [6.45, 7) is 5.51. The molecular weight excluding hydrogens is 168 g/mol. The molecule has 0 amide bonds. The lowest BCUT2D eigenvalue weighted by Crippen LogP contribution is -2.06. The van der Waals surface area contributed by atoms with Crippen LogP contribution in [0.15, 0.2) is 12.1 Å². The van der Waals surface area contributed by atoms with E-state index in [1.807, 2.05) is 13.8 Å². The highest BCUT2D eigenvalue weighted by Gasteiger charge is 2.09. The summed E-state index contributed by atoms with van der Waals surface area (Å²) in [7, 11) is 0. The number of phenols is 2. The van der Waals surface area contributed by atoms with Gasteiger partial charge in [-0.25, -0.2) is 0 Å². The minimum atomic E-state index is -0.117. The van der Waals surface area contributed by atoms with E-state index < -0.39 is 0 Å². The van der Waals surface area contributed by atoms with Gasteiger partial charge in [0.25, 0.3) is 0 Å². The predicted octanol–water partition coefficient (Wildman–Crippen LogP) is 2.19. The predicted molar refractivity (Wildman–Crippen MR) is 50.3 cm³/mol. The molecule has 2 N–H and O–H groups in total. The topological polar surface area (TPSA) is 49.7 Å². The summed E-state index contributed by atoms with van der Waals surface area (Å²) in [6, 6.07) is 3.06. The van der Waals surface area contributed by atoms with Crippen molar-refractivity contribution in [2.75, 3.05) is 0 Å². The van der Waals surface area contributed by atoms with Gasteiger partial charge in [-0.2, -0.15) is 0 Å². The first kappa shape index (κ1) is 9.71. The molecular formula is C10H14O3. The Morgan fingerprint density at radius 2 is 1.85 bits per heavy atom. The molecule has 1 aromatic carbocycles. The first-order valence-corrected chi connectivity index (χ1v) is 4.20. The fourth-order valence-corrected chi connectivity index (χ4v) is 1.05. The quantitative estimate of drug-likeness (QED) is 0.689. The second-order valence-electron chi connectivity index (χ2n) is 3.22. The summed E-state index contributed by atoms with van der Waals surface area (Å²) in [4.78, 5) is 0. The number of hydrogen-bond donors (Lipinski definition) is 2. The largest absolute Gasteiger partial charge is 0.504 e. The van der Waals surface area contributed by atoms with E-state index in [0.29, 0.717) is 11.3 Å². The minimum absolute atomic E-state index is 0.0580. The molecule has 0 aliphatic rings. The maximum Gasteiger partial charge on any atom is 0.164 e. The average molecular weight is 182 g/mol. The second kappa shape index (κ2) is 3.56. The van der Waals surface area contributed by atoms with Gasteiger partial charge in [-0.05, 0) is 32.9 Å². The smallest absolute Gasteiger partial charge is 0.164 e. The van der Waals surface area contributed by atoms with Crippen LogP contribution in [0.25, 0.3) is 0 Å². The molecule has 13 heavy (non-hydrogen) atoms. The summed E-state index contributed by atoms with van der Waals surface area (Å²) in [6.07, 6.45) is 0.0580.